The highest BCUT2D eigenvalue weighted by molar-refractivity contribution is 5.93. The lowest BCUT2D eigenvalue weighted by atomic mass is 9.75. The number of nitrogens with zero attached hydrogens (tertiary/aromatic N) is 2. The SMILES string of the molecule is CC(Cc1nc(NC2CCC(O)CC2)ncc1C(N)=O)C1CCC1. The molecule has 1 aromatic rings. The Balaban J connectivity index is 1.71. The van der Waals surface area contributed by atoms with E-state index in [-0.39, 0.29) is 12.1 Å². The highest BCUT2D eigenvalue weighted by Gasteiger charge is 2.26. The van der Waals surface area contributed by atoms with Crippen molar-refractivity contribution in [3.05, 3.63) is 17.5 Å². The van der Waals surface area contributed by atoms with Gasteiger partial charge in [0.1, 0.15) is 0 Å². The summed E-state index contributed by atoms with van der Waals surface area (Å²) in [6.07, 6.45) is 9.43. The van der Waals surface area contributed by atoms with Gasteiger partial charge in [0.05, 0.1) is 17.4 Å². The van der Waals surface area contributed by atoms with Gasteiger partial charge in [-0.3, -0.25) is 4.79 Å². The monoisotopic (exact) mass is 332 g/mol. The fourth-order valence-electron chi connectivity index (χ4n) is 3.73. The summed E-state index contributed by atoms with van der Waals surface area (Å²) in [5.41, 5.74) is 6.69. The van der Waals surface area contributed by atoms with Crippen LogP contribution in [0.4, 0.5) is 5.95 Å². The molecule has 6 heteroatoms. The Hall–Kier alpha value is -1.69. The molecular formula is C18H28N4O2. The predicted octanol–water partition coefficient (Wildman–Crippen LogP) is 2.27. The van der Waals surface area contributed by atoms with Gasteiger partial charge in [-0.05, 0) is 43.9 Å². The van der Waals surface area contributed by atoms with Gasteiger partial charge in [0.15, 0.2) is 0 Å². The summed E-state index contributed by atoms with van der Waals surface area (Å²) >= 11 is 0. The standard InChI is InChI=1S/C18H28N4O2/c1-11(12-3-2-4-12)9-16-15(17(19)24)10-20-18(22-16)21-13-5-7-14(23)8-6-13/h10-14,23H,2-9H2,1H3,(H2,19,24)(H,20,21,22). The number of aliphatic hydroxyl groups is 1. The van der Waals surface area contributed by atoms with E-state index in [1.165, 1.54) is 19.3 Å². The number of anilines is 1. The van der Waals surface area contributed by atoms with Crippen LogP contribution in [-0.4, -0.2) is 33.1 Å². The average molecular weight is 332 g/mol. The molecule has 1 unspecified atom stereocenters. The van der Waals surface area contributed by atoms with Gasteiger partial charge >= 0.3 is 0 Å². The lowest BCUT2D eigenvalue weighted by Gasteiger charge is -2.31. The summed E-state index contributed by atoms with van der Waals surface area (Å²) < 4.78 is 0. The maximum atomic E-state index is 11.7. The zero-order valence-corrected chi connectivity index (χ0v) is 14.4. The van der Waals surface area contributed by atoms with Gasteiger partial charge in [-0.25, -0.2) is 9.97 Å². The summed E-state index contributed by atoms with van der Waals surface area (Å²) in [5, 5.41) is 13.0. The van der Waals surface area contributed by atoms with E-state index in [0.717, 1.165) is 43.7 Å². The van der Waals surface area contributed by atoms with E-state index in [4.69, 9.17) is 5.73 Å². The largest absolute Gasteiger partial charge is 0.393 e. The summed E-state index contributed by atoms with van der Waals surface area (Å²) in [4.78, 5) is 20.6. The summed E-state index contributed by atoms with van der Waals surface area (Å²) in [7, 11) is 0. The van der Waals surface area contributed by atoms with Gasteiger partial charge in [0, 0.05) is 12.2 Å². The molecule has 0 saturated heterocycles. The molecule has 2 aliphatic carbocycles. The Morgan fingerprint density at radius 1 is 1.33 bits per heavy atom. The van der Waals surface area contributed by atoms with Crippen LogP contribution in [0, 0.1) is 11.8 Å². The minimum absolute atomic E-state index is 0.180. The van der Waals surface area contributed by atoms with Crippen LogP contribution in [-0.2, 0) is 6.42 Å². The van der Waals surface area contributed by atoms with Gasteiger partial charge in [0.25, 0.3) is 5.91 Å². The predicted molar refractivity (Wildman–Crippen MR) is 92.6 cm³/mol. The first-order chi connectivity index (χ1) is 11.5. The number of carbonyl (C=O) groups is 1. The topological polar surface area (TPSA) is 101 Å². The molecule has 1 amide bonds. The van der Waals surface area contributed by atoms with Crippen molar-refractivity contribution in [2.45, 2.75) is 70.4 Å². The van der Waals surface area contributed by atoms with Crippen LogP contribution in [0.25, 0.3) is 0 Å². The minimum atomic E-state index is -0.460. The number of nitrogens with two attached hydrogens (primary N) is 1. The van der Waals surface area contributed by atoms with E-state index in [0.29, 0.717) is 17.4 Å². The third kappa shape index (κ3) is 4.04. The number of rotatable bonds is 6. The second-order valence-electron chi connectivity index (χ2n) is 7.44. The molecule has 2 fully saturated rings. The van der Waals surface area contributed by atoms with Crippen molar-refractivity contribution in [1.29, 1.82) is 0 Å². The maximum absolute atomic E-state index is 11.7. The van der Waals surface area contributed by atoms with Crippen molar-refractivity contribution >= 4 is 11.9 Å². The van der Waals surface area contributed by atoms with E-state index >= 15 is 0 Å². The zero-order valence-electron chi connectivity index (χ0n) is 14.4. The van der Waals surface area contributed by atoms with E-state index in [1.807, 2.05) is 0 Å². The van der Waals surface area contributed by atoms with Crippen LogP contribution in [0.1, 0.15) is 67.9 Å². The number of aromatic nitrogens is 2. The second kappa shape index (κ2) is 7.47. The summed E-state index contributed by atoms with van der Waals surface area (Å²) in [6.45, 7) is 2.23. The molecule has 2 aliphatic rings. The van der Waals surface area contributed by atoms with Crippen molar-refractivity contribution < 1.29 is 9.90 Å². The number of aliphatic hydroxyl groups excluding tert-OH is 1. The molecule has 0 radical (unpaired) electrons. The van der Waals surface area contributed by atoms with Crippen molar-refractivity contribution in [3.63, 3.8) is 0 Å². The molecule has 0 aromatic carbocycles. The smallest absolute Gasteiger partial charge is 0.252 e. The molecule has 132 valence electrons. The minimum Gasteiger partial charge on any atom is -0.393 e. The van der Waals surface area contributed by atoms with Crippen LogP contribution < -0.4 is 11.1 Å². The van der Waals surface area contributed by atoms with Gasteiger partial charge in [-0.2, -0.15) is 0 Å². The summed E-state index contributed by atoms with van der Waals surface area (Å²) in [6, 6.07) is 0.282. The van der Waals surface area contributed by atoms with Gasteiger partial charge < -0.3 is 16.2 Å². The molecule has 6 nitrogen and oxygen atoms in total. The molecule has 3 rings (SSSR count). The zero-order chi connectivity index (χ0) is 17.1. The third-order valence-corrected chi connectivity index (χ3v) is 5.63. The molecule has 0 spiro atoms. The molecule has 2 saturated carbocycles. The quantitative estimate of drug-likeness (QED) is 0.742. The number of hydrogen-bond acceptors (Lipinski definition) is 5. The first kappa shape index (κ1) is 17.1. The Kier molecular flexibility index (Phi) is 5.33. The Morgan fingerprint density at radius 2 is 2.04 bits per heavy atom. The number of nitrogens with one attached hydrogen (secondary N) is 1. The van der Waals surface area contributed by atoms with Crippen molar-refractivity contribution in [2.75, 3.05) is 5.32 Å². The van der Waals surface area contributed by atoms with E-state index in [1.54, 1.807) is 6.20 Å². The van der Waals surface area contributed by atoms with Crippen LogP contribution in [0.15, 0.2) is 6.20 Å². The van der Waals surface area contributed by atoms with Gasteiger partial charge in [-0.15, -0.1) is 0 Å². The average Bonchev–Trinajstić information content (AvgIpc) is 2.47. The highest BCUT2D eigenvalue weighted by atomic mass is 16.3. The highest BCUT2D eigenvalue weighted by Crippen LogP contribution is 2.35. The molecular weight excluding hydrogens is 304 g/mol. The molecule has 4 N–H and O–H groups in total. The number of hydrogen-bond donors (Lipinski definition) is 3. The molecule has 0 bridgehead atoms. The molecule has 0 aliphatic heterocycles. The number of amides is 1. The van der Waals surface area contributed by atoms with Gasteiger partial charge in [-0.1, -0.05) is 26.2 Å². The number of primary amides is 1. The Labute approximate surface area is 143 Å². The summed E-state index contributed by atoms with van der Waals surface area (Å²) in [5.74, 6) is 1.34. The Morgan fingerprint density at radius 3 is 2.62 bits per heavy atom. The number of carbonyl (C=O) groups excluding carboxylic acids is 1. The van der Waals surface area contributed by atoms with Crippen LogP contribution in [0.3, 0.4) is 0 Å². The van der Waals surface area contributed by atoms with E-state index in [2.05, 4.69) is 22.2 Å². The van der Waals surface area contributed by atoms with Crippen molar-refractivity contribution in [1.82, 2.24) is 9.97 Å². The van der Waals surface area contributed by atoms with Crippen molar-refractivity contribution in [3.8, 4) is 0 Å². The second-order valence-corrected chi connectivity index (χ2v) is 7.44. The van der Waals surface area contributed by atoms with Gasteiger partial charge in [0.2, 0.25) is 5.95 Å². The van der Waals surface area contributed by atoms with E-state index in [9.17, 15) is 9.90 Å². The van der Waals surface area contributed by atoms with Crippen molar-refractivity contribution in [2.24, 2.45) is 17.6 Å². The van der Waals surface area contributed by atoms with Crippen LogP contribution in [0.2, 0.25) is 0 Å². The first-order valence-corrected chi connectivity index (χ1v) is 9.13. The lowest BCUT2D eigenvalue weighted by molar-refractivity contribution is 0.0997. The molecule has 1 aromatic heterocycles. The third-order valence-electron chi connectivity index (χ3n) is 5.63. The van der Waals surface area contributed by atoms with Crippen LogP contribution >= 0.6 is 0 Å². The molecule has 1 heterocycles. The normalized spacial score (nSPS) is 25.8. The molecule has 1 atom stereocenters. The Bertz CT molecular complexity index is 580. The van der Waals surface area contributed by atoms with E-state index < -0.39 is 5.91 Å². The van der Waals surface area contributed by atoms with Crippen LogP contribution in [0.5, 0.6) is 0 Å². The lowest BCUT2D eigenvalue weighted by Crippen LogP contribution is -2.29. The first-order valence-electron chi connectivity index (χ1n) is 9.13. The molecule has 24 heavy (non-hydrogen) atoms. The maximum Gasteiger partial charge on any atom is 0.252 e. The fourth-order valence-corrected chi connectivity index (χ4v) is 3.73. The fraction of sp³-hybridized carbons (Fsp3) is 0.722.